The number of carboxylic acid groups (broad SMARTS) is 2. The molecule has 4 N–H and O–H groups in total. The van der Waals surface area contributed by atoms with Crippen LogP contribution in [0.4, 0.5) is 0 Å². The maximum absolute atomic E-state index is 12.5. The highest BCUT2D eigenvalue weighted by atomic mass is 16.4. The molecular weight excluding hydrogens is 472 g/mol. The van der Waals surface area contributed by atoms with E-state index in [9.17, 15) is 34.8 Å². The third-order valence-electron chi connectivity index (χ3n) is 13.3. The number of hydrogen-bond donors (Lipinski definition) is 4. The van der Waals surface area contributed by atoms with Gasteiger partial charge in [-0.3, -0.25) is 14.4 Å². The minimum atomic E-state index is -1.27. The van der Waals surface area contributed by atoms with Gasteiger partial charge in [-0.1, -0.05) is 20.4 Å². The number of aliphatic carboxylic acids is 2. The van der Waals surface area contributed by atoms with Crippen molar-refractivity contribution in [2.75, 3.05) is 0 Å². The fourth-order valence-electron chi connectivity index (χ4n) is 11.0. The second-order valence-corrected chi connectivity index (χ2v) is 14.1. The third kappa shape index (κ3) is 3.10. The van der Waals surface area contributed by atoms with Crippen molar-refractivity contribution in [1.29, 1.82) is 0 Å². The van der Waals surface area contributed by atoms with E-state index in [1.54, 1.807) is 13.8 Å². The fourth-order valence-corrected chi connectivity index (χ4v) is 11.0. The number of carboxylic acids is 2. The number of fused-ring (bicyclic) bond motifs is 2. The summed E-state index contributed by atoms with van der Waals surface area (Å²) in [7, 11) is 0. The van der Waals surface area contributed by atoms with E-state index in [1.807, 2.05) is 0 Å². The zero-order valence-corrected chi connectivity index (χ0v) is 22.8. The highest BCUT2D eigenvalue weighted by Gasteiger charge is 2.85. The molecule has 11 atom stereocenters. The van der Waals surface area contributed by atoms with Crippen molar-refractivity contribution in [2.45, 2.75) is 104 Å². The zero-order chi connectivity index (χ0) is 27.3. The number of carbonyl (C=O) groups excluding carboxylic acids is 1. The number of Topliss-reactive ketones (excluding diaryl/α,β-unsaturated/α-hetero) is 1. The molecule has 0 aromatic heterocycles. The standard InChI is InChI=1S/C30H44O7/c1-16(2)19(31)7-6-17(24(34)35)18-10-11-27(4)20-8-9-21-28(5,25(36)37)22(32)14-23(33)30(21)15-29(20,30)13-12-26(18,27)3/h17-18,20-23,32-33H,1,6-15H2,2-5H3,(H,34,35)(H,36,37). The van der Waals surface area contributed by atoms with Gasteiger partial charge in [0.05, 0.1) is 23.5 Å². The molecule has 0 radical (unpaired) electrons. The third-order valence-corrected chi connectivity index (χ3v) is 13.3. The van der Waals surface area contributed by atoms with Crippen LogP contribution >= 0.6 is 0 Å². The molecule has 0 saturated heterocycles. The van der Waals surface area contributed by atoms with E-state index in [2.05, 4.69) is 20.4 Å². The van der Waals surface area contributed by atoms with Gasteiger partial charge in [0.25, 0.3) is 0 Å². The number of carbonyl (C=O) groups is 3. The van der Waals surface area contributed by atoms with Crippen LogP contribution in [0.15, 0.2) is 12.2 Å². The minimum Gasteiger partial charge on any atom is -0.481 e. The Morgan fingerprint density at radius 1 is 0.919 bits per heavy atom. The van der Waals surface area contributed by atoms with E-state index in [1.165, 1.54) is 0 Å². The van der Waals surface area contributed by atoms with Gasteiger partial charge in [0, 0.05) is 18.3 Å². The number of rotatable bonds is 7. The van der Waals surface area contributed by atoms with Gasteiger partial charge in [-0.2, -0.15) is 0 Å². The van der Waals surface area contributed by atoms with Crippen LogP contribution in [0.5, 0.6) is 0 Å². The molecular formula is C30H44O7. The second kappa shape index (κ2) is 8.14. The molecule has 0 heterocycles. The number of aliphatic hydroxyl groups is 2. The maximum Gasteiger partial charge on any atom is 0.312 e. The first-order valence-electron chi connectivity index (χ1n) is 14.1. The Bertz CT molecular complexity index is 1050. The van der Waals surface area contributed by atoms with E-state index in [0.29, 0.717) is 18.4 Å². The van der Waals surface area contributed by atoms with Crippen molar-refractivity contribution >= 4 is 17.7 Å². The van der Waals surface area contributed by atoms with Crippen molar-refractivity contribution in [3.05, 3.63) is 12.2 Å². The molecule has 7 heteroatoms. The summed E-state index contributed by atoms with van der Waals surface area (Å²) in [5.74, 6) is -2.47. The smallest absolute Gasteiger partial charge is 0.312 e. The molecule has 0 amide bonds. The molecule has 0 aliphatic heterocycles. The molecule has 0 bridgehead atoms. The van der Waals surface area contributed by atoms with Crippen LogP contribution in [0, 0.1) is 50.7 Å². The van der Waals surface area contributed by atoms with Crippen LogP contribution in [0.3, 0.4) is 0 Å². The summed E-state index contributed by atoms with van der Waals surface area (Å²) >= 11 is 0. The van der Waals surface area contributed by atoms with Crippen molar-refractivity contribution in [2.24, 2.45) is 50.7 Å². The second-order valence-electron chi connectivity index (χ2n) is 14.1. The molecule has 5 aliphatic carbocycles. The number of aliphatic hydroxyl groups excluding tert-OH is 2. The van der Waals surface area contributed by atoms with E-state index < -0.39 is 40.9 Å². The van der Waals surface area contributed by atoms with Gasteiger partial charge in [-0.05, 0) is 105 Å². The summed E-state index contributed by atoms with van der Waals surface area (Å²) in [5, 5.41) is 42.7. The molecule has 11 unspecified atom stereocenters. The Kier molecular flexibility index (Phi) is 5.91. The maximum atomic E-state index is 12.5. The predicted octanol–water partition coefficient (Wildman–Crippen LogP) is 4.45. The molecule has 5 fully saturated rings. The largest absolute Gasteiger partial charge is 0.481 e. The van der Waals surface area contributed by atoms with Crippen LogP contribution in [0.1, 0.15) is 91.9 Å². The van der Waals surface area contributed by atoms with Crippen molar-refractivity contribution in [3.8, 4) is 0 Å². The van der Waals surface area contributed by atoms with Crippen LogP contribution < -0.4 is 0 Å². The number of ketones is 1. The van der Waals surface area contributed by atoms with Crippen molar-refractivity contribution < 1.29 is 34.8 Å². The Morgan fingerprint density at radius 2 is 1.57 bits per heavy atom. The van der Waals surface area contributed by atoms with E-state index >= 15 is 0 Å². The summed E-state index contributed by atoms with van der Waals surface area (Å²) in [6.45, 7) is 11.6. The summed E-state index contributed by atoms with van der Waals surface area (Å²) in [6, 6.07) is 0. The molecule has 0 aromatic carbocycles. The van der Waals surface area contributed by atoms with Crippen molar-refractivity contribution in [3.63, 3.8) is 0 Å². The lowest BCUT2D eigenvalue weighted by Crippen LogP contribution is -2.63. The first kappa shape index (κ1) is 26.9. The molecule has 206 valence electrons. The SMILES string of the molecule is C=C(C)C(=O)CCC(C(=O)O)C1CCC2(C)C3CCC4C(C)(C(=O)O)C(O)CC(O)C45CC35CCC12C. The Balaban J connectivity index is 1.47. The lowest BCUT2D eigenvalue weighted by molar-refractivity contribution is -0.210. The molecule has 37 heavy (non-hydrogen) atoms. The summed E-state index contributed by atoms with van der Waals surface area (Å²) < 4.78 is 0. The molecule has 7 nitrogen and oxygen atoms in total. The fraction of sp³-hybridized carbons (Fsp3) is 0.833. The number of hydrogen-bond acceptors (Lipinski definition) is 5. The molecule has 5 rings (SSSR count). The molecule has 0 aromatic rings. The Morgan fingerprint density at radius 3 is 2.16 bits per heavy atom. The molecule has 2 spiro atoms. The first-order chi connectivity index (χ1) is 17.1. The zero-order valence-electron chi connectivity index (χ0n) is 22.8. The first-order valence-corrected chi connectivity index (χ1v) is 14.1. The Labute approximate surface area is 219 Å². The van der Waals surface area contributed by atoms with Gasteiger partial charge in [0.15, 0.2) is 5.78 Å². The van der Waals surface area contributed by atoms with Gasteiger partial charge in [0.2, 0.25) is 0 Å². The normalized spacial score (nSPS) is 50.6. The summed E-state index contributed by atoms with van der Waals surface area (Å²) in [6.07, 6.45) is 4.58. The highest BCUT2D eigenvalue weighted by Crippen LogP contribution is 2.89. The lowest BCUT2D eigenvalue weighted by atomic mass is 9.41. The minimum absolute atomic E-state index is 0.0277. The molecule has 5 aliphatic rings. The van der Waals surface area contributed by atoms with Gasteiger partial charge in [-0.25, -0.2) is 0 Å². The van der Waals surface area contributed by atoms with Gasteiger partial charge in [0.1, 0.15) is 0 Å². The lowest BCUT2D eigenvalue weighted by Gasteiger charge is -2.63. The van der Waals surface area contributed by atoms with Crippen LogP contribution in [0.25, 0.3) is 0 Å². The van der Waals surface area contributed by atoms with E-state index in [0.717, 1.165) is 38.5 Å². The average molecular weight is 517 g/mol. The van der Waals surface area contributed by atoms with Crippen LogP contribution in [0.2, 0.25) is 0 Å². The average Bonchev–Trinajstić information content (AvgIpc) is 3.44. The topological polar surface area (TPSA) is 132 Å². The monoisotopic (exact) mass is 516 g/mol. The quantitative estimate of drug-likeness (QED) is 0.368. The molecule has 5 saturated carbocycles. The van der Waals surface area contributed by atoms with E-state index in [4.69, 9.17) is 0 Å². The van der Waals surface area contributed by atoms with Gasteiger partial charge in [-0.15, -0.1) is 0 Å². The van der Waals surface area contributed by atoms with Gasteiger partial charge >= 0.3 is 11.9 Å². The summed E-state index contributed by atoms with van der Waals surface area (Å²) in [4.78, 5) is 37.2. The summed E-state index contributed by atoms with van der Waals surface area (Å²) in [5.41, 5.74) is -1.76. The van der Waals surface area contributed by atoms with Crippen LogP contribution in [-0.2, 0) is 14.4 Å². The Hall–Kier alpha value is -1.73. The predicted molar refractivity (Wildman–Crippen MR) is 136 cm³/mol. The van der Waals surface area contributed by atoms with Gasteiger partial charge < -0.3 is 20.4 Å². The van der Waals surface area contributed by atoms with Crippen molar-refractivity contribution in [1.82, 2.24) is 0 Å². The number of allylic oxidation sites excluding steroid dienone is 1. The highest BCUT2D eigenvalue weighted by molar-refractivity contribution is 5.94. The van der Waals surface area contributed by atoms with E-state index in [-0.39, 0.29) is 52.6 Å². The van der Waals surface area contributed by atoms with Crippen LogP contribution in [-0.4, -0.2) is 50.4 Å².